The number of carbonyl (C=O) groups is 1. The van der Waals surface area contributed by atoms with Gasteiger partial charge in [-0.25, -0.2) is 0 Å². The van der Waals surface area contributed by atoms with Crippen LogP contribution >= 0.6 is 0 Å². The molecule has 0 unspecified atom stereocenters. The lowest BCUT2D eigenvalue weighted by molar-refractivity contribution is -0.140. The quantitative estimate of drug-likeness (QED) is 0.166. The summed E-state index contributed by atoms with van der Waals surface area (Å²) in [7, 11) is -2.37. The molecule has 1 fully saturated rings. The summed E-state index contributed by atoms with van der Waals surface area (Å²) in [6.07, 6.45) is 17.3. The van der Waals surface area contributed by atoms with Crippen molar-refractivity contribution in [2.24, 2.45) is 23.2 Å². The van der Waals surface area contributed by atoms with Crippen molar-refractivity contribution in [3.8, 4) is 0 Å². The van der Waals surface area contributed by atoms with Crippen LogP contribution in [0.25, 0.3) is 0 Å². The van der Waals surface area contributed by atoms with E-state index in [0.717, 1.165) is 32.1 Å². The lowest BCUT2D eigenvalue weighted by Crippen LogP contribution is -2.49. The summed E-state index contributed by atoms with van der Waals surface area (Å²) in [6, 6.07) is 0. The summed E-state index contributed by atoms with van der Waals surface area (Å²) in [4.78, 5) is 11.7. The molecule has 0 amide bonds. The predicted octanol–water partition coefficient (Wildman–Crippen LogP) is 11.2. The van der Waals surface area contributed by atoms with E-state index >= 15 is 0 Å². The van der Waals surface area contributed by atoms with Crippen LogP contribution in [0.1, 0.15) is 120 Å². The first-order valence-electron chi connectivity index (χ1n) is 17.6. The van der Waals surface area contributed by atoms with E-state index in [1.807, 2.05) is 0 Å². The number of hydrogen-bond acceptors (Lipinski definition) is 4. The molecule has 0 spiro atoms. The van der Waals surface area contributed by atoms with Crippen molar-refractivity contribution in [3.63, 3.8) is 0 Å². The fourth-order valence-corrected chi connectivity index (χ4v) is 10.4. The van der Waals surface area contributed by atoms with Crippen molar-refractivity contribution in [2.45, 2.75) is 169 Å². The summed E-state index contributed by atoms with van der Waals surface area (Å²) in [5, 5.41) is 0.352. The van der Waals surface area contributed by atoms with E-state index in [0.29, 0.717) is 29.6 Å². The second-order valence-electron chi connectivity index (χ2n) is 17.8. The van der Waals surface area contributed by atoms with E-state index in [1.54, 1.807) is 0 Å². The van der Waals surface area contributed by atoms with Crippen molar-refractivity contribution in [3.05, 3.63) is 34.9 Å². The predicted molar refractivity (Wildman–Crippen MR) is 192 cm³/mol. The third-order valence-corrected chi connectivity index (χ3v) is 21.8. The van der Waals surface area contributed by atoms with Crippen LogP contribution in [0.2, 0.25) is 36.3 Å². The Morgan fingerprint density at radius 1 is 1.02 bits per heavy atom. The summed E-state index contributed by atoms with van der Waals surface area (Å²) < 4.78 is 19.1. The molecular formula is C38H68O4Si2. The Kier molecular flexibility index (Phi) is 12.0. The summed E-state index contributed by atoms with van der Waals surface area (Å²) >= 11 is 0. The minimum atomic E-state index is -1.95. The lowest BCUT2D eigenvalue weighted by Gasteiger charge is -2.45. The minimum Gasteiger partial charge on any atom is -0.469 e. The molecule has 4 nitrogen and oxygen atoms in total. The lowest BCUT2D eigenvalue weighted by atomic mass is 9.62. The van der Waals surface area contributed by atoms with Crippen molar-refractivity contribution >= 4 is 22.6 Å². The maximum absolute atomic E-state index is 11.7. The number of carbonyl (C=O) groups excluding carboxylic acids is 1. The monoisotopic (exact) mass is 644 g/mol. The Balaban J connectivity index is 1.84. The highest BCUT2D eigenvalue weighted by molar-refractivity contribution is 6.74. The van der Waals surface area contributed by atoms with Gasteiger partial charge in [-0.15, -0.1) is 0 Å². The van der Waals surface area contributed by atoms with E-state index in [1.165, 1.54) is 43.1 Å². The zero-order chi connectivity index (χ0) is 33.3. The summed E-state index contributed by atoms with van der Waals surface area (Å²) in [6.45, 7) is 30.9. The van der Waals surface area contributed by atoms with Gasteiger partial charge < -0.3 is 13.6 Å². The Morgan fingerprint density at radius 3 is 2.23 bits per heavy atom. The standard InChI is InChI=1S/C38H68O4Si2/c1-27(17-15-19-35(39)40-10)32-22-23-33-29(18-16-24-38(32,33)9)20-21-30-25-31(41-43(11,12)36(3,4)5)26-34(28(30)2)42-44(13,14)37(6,7)8/h18,20-21,27,31-34H,15-17,19,22-26H2,1-14H3/b21-20-/t27-,31-,32-,33+,34+,38-/m1/s1. The number of esters is 1. The number of fused-ring (bicyclic) bond motifs is 1. The van der Waals surface area contributed by atoms with Crippen LogP contribution in [0.4, 0.5) is 0 Å². The van der Waals surface area contributed by atoms with E-state index in [4.69, 9.17) is 13.6 Å². The number of methoxy groups -OCH3 is 1. The first kappa shape index (κ1) is 37.5. The second kappa shape index (κ2) is 14.0. The molecule has 0 aromatic rings. The van der Waals surface area contributed by atoms with Gasteiger partial charge >= 0.3 is 5.97 Å². The van der Waals surface area contributed by atoms with Crippen molar-refractivity contribution in [1.29, 1.82) is 0 Å². The smallest absolute Gasteiger partial charge is 0.305 e. The van der Waals surface area contributed by atoms with Gasteiger partial charge in [0.1, 0.15) is 0 Å². The van der Waals surface area contributed by atoms with E-state index < -0.39 is 16.6 Å². The van der Waals surface area contributed by atoms with Gasteiger partial charge in [-0.3, -0.25) is 4.79 Å². The molecule has 6 heteroatoms. The summed E-state index contributed by atoms with van der Waals surface area (Å²) in [5.74, 6) is 1.87. The third-order valence-electron chi connectivity index (χ3n) is 12.7. The molecule has 6 atom stereocenters. The third kappa shape index (κ3) is 8.49. The molecule has 0 radical (unpaired) electrons. The first-order chi connectivity index (χ1) is 20.1. The fourth-order valence-electron chi connectivity index (χ4n) is 7.71. The molecule has 0 aromatic carbocycles. The Morgan fingerprint density at radius 2 is 1.64 bits per heavy atom. The molecule has 0 saturated heterocycles. The molecule has 252 valence electrons. The van der Waals surface area contributed by atoms with Gasteiger partial charge in [-0.1, -0.05) is 73.6 Å². The zero-order valence-electron chi connectivity index (χ0n) is 31.1. The number of ether oxygens (including phenoxy) is 1. The summed E-state index contributed by atoms with van der Waals surface area (Å²) in [5.41, 5.74) is 4.70. The molecule has 44 heavy (non-hydrogen) atoms. The van der Waals surface area contributed by atoms with Crippen molar-refractivity contribution in [1.82, 2.24) is 0 Å². The molecule has 3 aliphatic rings. The van der Waals surface area contributed by atoms with Crippen LogP contribution < -0.4 is 0 Å². The van der Waals surface area contributed by atoms with Gasteiger partial charge in [0, 0.05) is 12.8 Å². The van der Waals surface area contributed by atoms with Gasteiger partial charge in [-0.2, -0.15) is 0 Å². The maximum Gasteiger partial charge on any atom is 0.305 e. The number of rotatable bonds is 11. The normalized spacial score (nSPS) is 29.5. The van der Waals surface area contributed by atoms with Crippen molar-refractivity contribution < 1.29 is 18.4 Å². The second-order valence-corrected chi connectivity index (χ2v) is 27.3. The Bertz CT molecular complexity index is 1100. The highest BCUT2D eigenvalue weighted by atomic mass is 28.4. The Labute approximate surface area is 274 Å². The molecular weight excluding hydrogens is 577 g/mol. The van der Waals surface area contributed by atoms with Gasteiger partial charge in [0.05, 0.1) is 19.3 Å². The average Bonchev–Trinajstić information content (AvgIpc) is 3.25. The molecule has 0 bridgehead atoms. The van der Waals surface area contributed by atoms with Crippen LogP contribution in [0.15, 0.2) is 34.9 Å². The van der Waals surface area contributed by atoms with Crippen LogP contribution in [-0.4, -0.2) is 41.9 Å². The number of hydrogen-bond donors (Lipinski definition) is 0. The molecule has 3 aliphatic carbocycles. The molecule has 0 N–H and O–H groups in total. The Hall–Kier alpha value is -0.956. The SMILES string of the molecule is COC(=O)CCC[C@@H](C)[C@H]1CC[C@H]2C(/C=C\C3=C(C)[C@@H](O[Si](C)(C)C(C)(C)C)C[C@H](O[Si](C)(C)C(C)(C)C)C3)=CCC[C@]12C. The highest BCUT2D eigenvalue weighted by Gasteiger charge is 2.50. The van der Waals surface area contributed by atoms with Gasteiger partial charge in [0.15, 0.2) is 16.6 Å². The van der Waals surface area contributed by atoms with Gasteiger partial charge in [0.2, 0.25) is 0 Å². The van der Waals surface area contributed by atoms with Crippen LogP contribution in [0, 0.1) is 23.2 Å². The van der Waals surface area contributed by atoms with Gasteiger partial charge in [0.25, 0.3) is 0 Å². The van der Waals surface area contributed by atoms with Crippen LogP contribution in [0.3, 0.4) is 0 Å². The fraction of sp³-hybridized carbons (Fsp3) is 0.816. The van der Waals surface area contributed by atoms with E-state index in [9.17, 15) is 4.79 Å². The van der Waals surface area contributed by atoms with Crippen LogP contribution in [0.5, 0.6) is 0 Å². The maximum atomic E-state index is 11.7. The van der Waals surface area contributed by atoms with Gasteiger partial charge in [-0.05, 0) is 128 Å². The van der Waals surface area contributed by atoms with Crippen molar-refractivity contribution in [2.75, 3.05) is 7.11 Å². The average molecular weight is 645 g/mol. The first-order valence-corrected chi connectivity index (χ1v) is 23.4. The van der Waals surface area contributed by atoms with E-state index in [-0.39, 0.29) is 28.3 Å². The topological polar surface area (TPSA) is 44.8 Å². The molecule has 3 rings (SSSR count). The number of allylic oxidation sites excluding steroid dienone is 4. The minimum absolute atomic E-state index is 0.0815. The van der Waals surface area contributed by atoms with E-state index in [2.05, 4.69) is 107 Å². The van der Waals surface area contributed by atoms with Crippen LogP contribution in [-0.2, 0) is 18.4 Å². The zero-order valence-corrected chi connectivity index (χ0v) is 33.1. The molecule has 0 aromatic heterocycles. The molecule has 0 heterocycles. The largest absolute Gasteiger partial charge is 0.469 e. The highest BCUT2D eigenvalue weighted by Crippen LogP contribution is 2.59. The molecule has 1 saturated carbocycles. The molecule has 0 aliphatic heterocycles.